The molecule has 3 heteroatoms. The largest absolute Gasteiger partial charge is 0.465 e. The topological polar surface area (TPSA) is 47.3 Å². The minimum absolute atomic E-state index is 0.0521. The monoisotopic (exact) mass is 282 g/mol. The van der Waals surface area contributed by atoms with Crippen LogP contribution in [-0.2, 0) is 17.6 Å². The number of fused-ring (bicyclic) bond motifs is 1. The molecule has 0 saturated carbocycles. The first-order valence-corrected chi connectivity index (χ1v) is 7.25. The van der Waals surface area contributed by atoms with E-state index in [1.54, 1.807) is 0 Å². The number of carbonyl (C=O) groups is 2. The second-order valence-corrected chi connectivity index (χ2v) is 5.77. The third-order valence-electron chi connectivity index (χ3n) is 4.14. The number of hydrogen-bond donors (Lipinski definition) is 0. The first-order valence-electron chi connectivity index (χ1n) is 7.25. The number of furan rings is 1. The Morgan fingerprint density at radius 2 is 1.95 bits per heavy atom. The van der Waals surface area contributed by atoms with Crippen LogP contribution in [0.1, 0.15) is 52.3 Å². The quantitative estimate of drug-likeness (QED) is 0.863. The molecule has 0 amide bonds. The first kappa shape index (κ1) is 13.8. The van der Waals surface area contributed by atoms with Crippen LogP contribution >= 0.6 is 0 Å². The van der Waals surface area contributed by atoms with Crippen LogP contribution in [0.25, 0.3) is 0 Å². The predicted molar refractivity (Wildman–Crippen MR) is 79.7 cm³/mol. The van der Waals surface area contributed by atoms with Crippen molar-refractivity contribution in [2.45, 2.75) is 39.0 Å². The molecule has 1 atom stereocenters. The van der Waals surface area contributed by atoms with Crippen LogP contribution in [0.15, 0.2) is 34.7 Å². The fourth-order valence-corrected chi connectivity index (χ4v) is 3.11. The Balaban J connectivity index is 1.95. The van der Waals surface area contributed by atoms with E-state index in [0.717, 1.165) is 17.7 Å². The third kappa shape index (κ3) is 2.56. The van der Waals surface area contributed by atoms with Gasteiger partial charge in [0.05, 0.1) is 12.0 Å². The van der Waals surface area contributed by atoms with Crippen molar-refractivity contribution in [2.24, 2.45) is 0 Å². The van der Waals surface area contributed by atoms with Crippen LogP contribution in [0.5, 0.6) is 0 Å². The summed E-state index contributed by atoms with van der Waals surface area (Å²) in [5.74, 6) is 1.74. The van der Waals surface area contributed by atoms with Gasteiger partial charge in [-0.2, -0.15) is 0 Å². The Kier molecular flexibility index (Phi) is 3.50. The van der Waals surface area contributed by atoms with Crippen molar-refractivity contribution in [2.75, 3.05) is 0 Å². The van der Waals surface area contributed by atoms with Gasteiger partial charge in [-0.05, 0) is 25.3 Å². The van der Waals surface area contributed by atoms with Crippen molar-refractivity contribution in [3.05, 3.63) is 58.5 Å². The van der Waals surface area contributed by atoms with E-state index in [1.807, 2.05) is 25.1 Å². The highest BCUT2D eigenvalue weighted by molar-refractivity contribution is 6.00. The van der Waals surface area contributed by atoms with Gasteiger partial charge >= 0.3 is 0 Å². The number of ketones is 2. The Morgan fingerprint density at radius 3 is 2.62 bits per heavy atom. The zero-order valence-corrected chi connectivity index (χ0v) is 12.3. The molecule has 1 aliphatic rings. The molecule has 108 valence electrons. The van der Waals surface area contributed by atoms with Crippen molar-refractivity contribution >= 4 is 11.6 Å². The van der Waals surface area contributed by atoms with E-state index in [9.17, 15) is 9.59 Å². The molecule has 0 radical (unpaired) electrons. The highest BCUT2D eigenvalue weighted by atomic mass is 16.3. The van der Waals surface area contributed by atoms with Gasteiger partial charge < -0.3 is 4.42 Å². The fraction of sp³-hybridized carbons (Fsp3) is 0.333. The Bertz CT molecular complexity index is 695. The van der Waals surface area contributed by atoms with Crippen LogP contribution in [-0.4, -0.2) is 11.6 Å². The lowest BCUT2D eigenvalue weighted by atomic mass is 9.82. The Labute approximate surface area is 124 Å². The molecule has 1 unspecified atom stereocenters. The average Bonchev–Trinajstić information content (AvgIpc) is 2.76. The van der Waals surface area contributed by atoms with Crippen LogP contribution in [0.4, 0.5) is 0 Å². The average molecular weight is 282 g/mol. The maximum Gasteiger partial charge on any atom is 0.167 e. The molecular formula is C18H18O3. The summed E-state index contributed by atoms with van der Waals surface area (Å²) >= 11 is 0. The summed E-state index contributed by atoms with van der Waals surface area (Å²) in [6.45, 7) is 3.41. The molecule has 2 aromatic rings. The molecule has 0 saturated heterocycles. The Hall–Kier alpha value is -2.16. The zero-order chi connectivity index (χ0) is 15.0. The van der Waals surface area contributed by atoms with Gasteiger partial charge in [0.2, 0.25) is 0 Å². The van der Waals surface area contributed by atoms with Gasteiger partial charge in [-0.3, -0.25) is 9.59 Å². The molecule has 0 spiro atoms. The summed E-state index contributed by atoms with van der Waals surface area (Å²) in [5.41, 5.74) is 2.72. The van der Waals surface area contributed by atoms with Crippen LogP contribution in [0.2, 0.25) is 0 Å². The minimum atomic E-state index is 0.0521. The smallest absolute Gasteiger partial charge is 0.167 e. The summed E-state index contributed by atoms with van der Waals surface area (Å²) < 4.78 is 5.83. The molecule has 3 rings (SSSR count). The summed E-state index contributed by atoms with van der Waals surface area (Å²) in [6, 6.07) is 10.1. The minimum Gasteiger partial charge on any atom is -0.465 e. The number of Topliss-reactive ketones (excluding diaryl/α,β-unsaturated/α-hetero) is 2. The van der Waals surface area contributed by atoms with Crippen LogP contribution < -0.4 is 0 Å². The summed E-state index contributed by atoms with van der Waals surface area (Å²) in [7, 11) is 0. The standard InChI is InChI=1S/C18H18O3/c1-11(19)8-16-12(2)18-15(20)9-14(10-17(18)21-16)13-6-4-3-5-7-13/h3-7,14H,8-10H2,1-2H3. The van der Waals surface area contributed by atoms with Gasteiger partial charge in [0, 0.05) is 18.4 Å². The summed E-state index contributed by atoms with van der Waals surface area (Å²) in [4.78, 5) is 23.7. The van der Waals surface area contributed by atoms with Gasteiger partial charge in [0.15, 0.2) is 5.78 Å². The van der Waals surface area contributed by atoms with E-state index in [2.05, 4.69) is 12.1 Å². The van der Waals surface area contributed by atoms with E-state index in [4.69, 9.17) is 4.42 Å². The van der Waals surface area contributed by atoms with E-state index < -0.39 is 0 Å². The molecule has 0 fully saturated rings. The van der Waals surface area contributed by atoms with Crippen LogP contribution in [0.3, 0.4) is 0 Å². The van der Waals surface area contributed by atoms with E-state index in [0.29, 0.717) is 17.7 Å². The molecule has 3 nitrogen and oxygen atoms in total. The molecule has 21 heavy (non-hydrogen) atoms. The number of rotatable bonds is 3. The lowest BCUT2D eigenvalue weighted by Crippen LogP contribution is -2.18. The second kappa shape index (κ2) is 5.32. The maximum atomic E-state index is 12.4. The van der Waals surface area contributed by atoms with Gasteiger partial charge in [0.25, 0.3) is 0 Å². The molecule has 0 aliphatic heterocycles. The van der Waals surface area contributed by atoms with Crippen molar-refractivity contribution in [3.8, 4) is 0 Å². The summed E-state index contributed by atoms with van der Waals surface area (Å²) in [5, 5.41) is 0. The third-order valence-corrected chi connectivity index (χ3v) is 4.14. The van der Waals surface area contributed by atoms with E-state index in [1.165, 1.54) is 12.5 Å². The van der Waals surface area contributed by atoms with Crippen molar-refractivity contribution in [1.29, 1.82) is 0 Å². The maximum absolute atomic E-state index is 12.4. The summed E-state index contributed by atoms with van der Waals surface area (Å²) in [6.07, 6.45) is 1.50. The molecule has 0 bridgehead atoms. The van der Waals surface area contributed by atoms with Gasteiger partial charge in [-0.1, -0.05) is 30.3 Å². The normalized spacial score (nSPS) is 17.6. The lowest BCUT2D eigenvalue weighted by Gasteiger charge is -2.20. The van der Waals surface area contributed by atoms with Crippen molar-refractivity contribution in [1.82, 2.24) is 0 Å². The van der Waals surface area contributed by atoms with Gasteiger partial charge in [-0.25, -0.2) is 0 Å². The molecular weight excluding hydrogens is 264 g/mol. The van der Waals surface area contributed by atoms with Gasteiger partial charge in [0.1, 0.15) is 17.3 Å². The van der Waals surface area contributed by atoms with Crippen molar-refractivity contribution in [3.63, 3.8) is 0 Å². The number of benzene rings is 1. The fourth-order valence-electron chi connectivity index (χ4n) is 3.11. The zero-order valence-electron chi connectivity index (χ0n) is 12.3. The molecule has 1 aromatic carbocycles. The van der Waals surface area contributed by atoms with E-state index in [-0.39, 0.29) is 23.9 Å². The first-order chi connectivity index (χ1) is 10.1. The Morgan fingerprint density at radius 1 is 1.24 bits per heavy atom. The molecule has 0 N–H and O–H groups in total. The molecule has 1 aromatic heterocycles. The lowest BCUT2D eigenvalue weighted by molar-refractivity contribution is -0.116. The number of carbonyl (C=O) groups excluding carboxylic acids is 2. The predicted octanol–water partition coefficient (Wildman–Crippen LogP) is 3.63. The highest BCUT2D eigenvalue weighted by Crippen LogP contribution is 2.36. The number of hydrogen-bond acceptors (Lipinski definition) is 3. The van der Waals surface area contributed by atoms with Crippen molar-refractivity contribution < 1.29 is 14.0 Å². The van der Waals surface area contributed by atoms with E-state index >= 15 is 0 Å². The van der Waals surface area contributed by atoms with Gasteiger partial charge in [-0.15, -0.1) is 0 Å². The molecule has 1 aliphatic carbocycles. The second-order valence-electron chi connectivity index (χ2n) is 5.77. The van der Waals surface area contributed by atoms with Crippen LogP contribution in [0, 0.1) is 6.92 Å². The SMILES string of the molecule is CC(=O)Cc1oc2c(c1C)C(=O)CC(c1ccccc1)C2. The highest BCUT2D eigenvalue weighted by Gasteiger charge is 2.32. The molecule has 1 heterocycles.